The summed E-state index contributed by atoms with van der Waals surface area (Å²) in [6.45, 7) is 2.57. The standard InChI is InChI=1S/C16H21N3O3S2/c1-10-5-6-11-12(9-17)16(23-14(11)8-10)18-15(20)13-4-3-7-19(13)24(2,21)22/h10,13H,3-8H2,1-2H3,(H,18,20). The van der Waals surface area contributed by atoms with E-state index in [2.05, 4.69) is 18.3 Å². The first kappa shape index (κ1) is 17.4. The number of nitrogens with zero attached hydrogens (tertiary/aromatic N) is 2. The van der Waals surface area contributed by atoms with Crippen molar-refractivity contribution in [2.24, 2.45) is 5.92 Å². The fraction of sp³-hybridized carbons (Fsp3) is 0.625. The molecule has 1 N–H and O–H groups in total. The van der Waals surface area contributed by atoms with Crippen molar-refractivity contribution in [3.8, 4) is 6.07 Å². The number of nitrogens with one attached hydrogen (secondary N) is 1. The zero-order valence-corrected chi connectivity index (χ0v) is 15.5. The van der Waals surface area contributed by atoms with Gasteiger partial charge in [-0.15, -0.1) is 11.3 Å². The molecule has 0 aromatic carbocycles. The van der Waals surface area contributed by atoms with E-state index in [0.29, 0.717) is 35.9 Å². The lowest BCUT2D eigenvalue weighted by molar-refractivity contribution is -0.119. The van der Waals surface area contributed by atoms with Crippen molar-refractivity contribution in [3.63, 3.8) is 0 Å². The van der Waals surface area contributed by atoms with Crippen molar-refractivity contribution >= 4 is 32.3 Å². The van der Waals surface area contributed by atoms with Crippen LogP contribution in [0.4, 0.5) is 5.00 Å². The van der Waals surface area contributed by atoms with E-state index in [0.717, 1.165) is 31.1 Å². The van der Waals surface area contributed by atoms with E-state index >= 15 is 0 Å². The minimum atomic E-state index is -3.40. The molecule has 8 heteroatoms. The number of hydrogen-bond donors (Lipinski definition) is 1. The Morgan fingerprint density at radius 1 is 1.42 bits per heavy atom. The number of rotatable bonds is 3. The van der Waals surface area contributed by atoms with Crippen LogP contribution in [0.5, 0.6) is 0 Å². The summed E-state index contributed by atoms with van der Waals surface area (Å²) in [7, 11) is -3.40. The average Bonchev–Trinajstić information content (AvgIpc) is 3.10. The van der Waals surface area contributed by atoms with Gasteiger partial charge in [-0.25, -0.2) is 8.42 Å². The molecule has 2 unspecified atom stereocenters. The van der Waals surface area contributed by atoms with Gasteiger partial charge in [-0.3, -0.25) is 4.79 Å². The van der Waals surface area contributed by atoms with Crippen LogP contribution in [0.15, 0.2) is 0 Å². The molecule has 2 atom stereocenters. The van der Waals surface area contributed by atoms with Crippen LogP contribution >= 0.6 is 11.3 Å². The lowest BCUT2D eigenvalue weighted by Crippen LogP contribution is -2.42. The van der Waals surface area contributed by atoms with Crippen LogP contribution in [-0.4, -0.2) is 37.5 Å². The van der Waals surface area contributed by atoms with Gasteiger partial charge in [0.25, 0.3) is 0 Å². The van der Waals surface area contributed by atoms with Crippen LogP contribution in [0.1, 0.15) is 42.2 Å². The van der Waals surface area contributed by atoms with Gasteiger partial charge in [-0.1, -0.05) is 6.92 Å². The molecule has 1 aromatic heterocycles. The van der Waals surface area contributed by atoms with E-state index in [1.807, 2.05) is 0 Å². The zero-order valence-electron chi connectivity index (χ0n) is 13.8. The molecule has 1 aromatic rings. The van der Waals surface area contributed by atoms with Crippen LogP contribution in [0.2, 0.25) is 0 Å². The topological polar surface area (TPSA) is 90.3 Å². The molecule has 3 rings (SSSR count). The number of anilines is 1. The fourth-order valence-corrected chi connectivity index (χ4v) is 6.04. The molecule has 1 fully saturated rings. The molecule has 24 heavy (non-hydrogen) atoms. The number of amides is 1. The fourth-order valence-electron chi connectivity index (χ4n) is 3.55. The van der Waals surface area contributed by atoms with E-state index in [9.17, 15) is 18.5 Å². The summed E-state index contributed by atoms with van der Waals surface area (Å²) in [5.41, 5.74) is 1.61. The van der Waals surface area contributed by atoms with Gasteiger partial charge in [-0.2, -0.15) is 9.57 Å². The quantitative estimate of drug-likeness (QED) is 0.886. The maximum Gasteiger partial charge on any atom is 0.243 e. The minimum absolute atomic E-state index is 0.332. The average molecular weight is 367 g/mol. The molecule has 130 valence electrons. The largest absolute Gasteiger partial charge is 0.315 e. The molecule has 0 radical (unpaired) electrons. The molecule has 6 nitrogen and oxygen atoms in total. The first-order chi connectivity index (χ1) is 11.3. The maximum absolute atomic E-state index is 12.6. The Balaban J connectivity index is 1.84. The second-order valence-electron chi connectivity index (χ2n) is 6.69. The molecule has 2 heterocycles. The molecule has 0 spiro atoms. The summed E-state index contributed by atoms with van der Waals surface area (Å²) in [6.07, 6.45) is 5.17. The van der Waals surface area contributed by atoms with Gasteiger partial charge in [0.1, 0.15) is 17.1 Å². The number of fused-ring (bicyclic) bond motifs is 1. The molecule has 0 bridgehead atoms. The highest BCUT2D eigenvalue weighted by Gasteiger charge is 2.37. The van der Waals surface area contributed by atoms with Crippen LogP contribution in [-0.2, 0) is 27.7 Å². The highest BCUT2D eigenvalue weighted by Crippen LogP contribution is 2.39. The number of nitriles is 1. The van der Waals surface area contributed by atoms with Crippen LogP contribution < -0.4 is 5.32 Å². The molecule has 1 aliphatic carbocycles. The van der Waals surface area contributed by atoms with Crippen LogP contribution in [0.25, 0.3) is 0 Å². The Labute approximate surface area is 146 Å². The van der Waals surface area contributed by atoms with Gasteiger partial charge < -0.3 is 5.32 Å². The lowest BCUT2D eigenvalue weighted by atomic mass is 9.88. The van der Waals surface area contributed by atoms with Gasteiger partial charge in [0.05, 0.1) is 11.8 Å². The Morgan fingerprint density at radius 3 is 2.83 bits per heavy atom. The third kappa shape index (κ3) is 3.21. The van der Waals surface area contributed by atoms with Gasteiger partial charge in [-0.05, 0) is 43.6 Å². The summed E-state index contributed by atoms with van der Waals surface area (Å²) < 4.78 is 24.9. The monoisotopic (exact) mass is 367 g/mol. The highest BCUT2D eigenvalue weighted by molar-refractivity contribution is 7.88. The van der Waals surface area contributed by atoms with Gasteiger partial charge in [0, 0.05) is 11.4 Å². The molecule has 2 aliphatic rings. The van der Waals surface area contributed by atoms with Crippen molar-refractivity contribution in [2.45, 2.75) is 45.1 Å². The first-order valence-corrected chi connectivity index (χ1v) is 10.8. The van der Waals surface area contributed by atoms with Crippen molar-refractivity contribution in [3.05, 3.63) is 16.0 Å². The van der Waals surface area contributed by atoms with Crippen LogP contribution in [0.3, 0.4) is 0 Å². The van der Waals surface area contributed by atoms with E-state index in [1.165, 1.54) is 20.5 Å². The van der Waals surface area contributed by atoms with E-state index < -0.39 is 16.1 Å². The lowest BCUT2D eigenvalue weighted by Gasteiger charge is -2.21. The summed E-state index contributed by atoms with van der Waals surface area (Å²) in [5.74, 6) is 0.253. The summed E-state index contributed by atoms with van der Waals surface area (Å²) in [6, 6.07) is 1.54. The molecule has 0 saturated carbocycles. The normalized spacial score (nSPS) is 24.4. The second kappa shape index (κ2) is 6.47. The maximum atomic E-state index is 12.6. The predicted octanol–water partition coefficient (Wildman–Crippen LogP) is 2.11. The Bertz CT molecular complexity index is 807. The highest BCUT2D eigenvalue weighted by atomic mass is 32.2. The zero-order chi connectivity index (χ0) is 17.5. The van der Waals surface area contributed by atoms with E-state index in [-0.39, 0.29) is 5.91 Å². The number of carbonyl (C=O) groups is 1. The van der Waals surface area contributed by atoms with Gasteiger partial charge in [0.15, 0.2) is 0 Å². The smallest absolute Gasteiger partial charge is 0.243 e. The van der Waals surface area contributed by atoms with Crippen molar-refractivity contribution < 1.29 is 13.2 Å². The summed E-state index contributed by atoms with van der Waals surface area (Å²) in [4.78, 5) is 13.8. The predicted molar refractivity (Wildman–Crippen MR) is 93.4 cm³/mol. The number of carbonyl (C=O) groups excluding carboxylic acids is 1. The van der Waals surface area contributed by atoms with Crippen LogP contribution in [0, 0.1) is 17.2 Å². The van der Waals surface area contributed by atoms with Crippen molar-refractivity contribution in [1.82, 2.24) is 4.31 Å². The van der Waals surface area contributed by atoms with Gasteiger partial charge in [0.2, 0.25) is 15.9 Å². The number of sulfonamides is 1. The van der Waals surface area contributed by atoms with E-state index in [1.54, 1.807) is 0 Å². The third-order valence-corrected chi connectivity index (χ3v) is 7.25. The summed E-state index contributed by atoms with van der Waals surface area (Å²) >= 11 is 1.46. The molecule has 1 amide bonds. The Morgan fingerprint density at radius 2 is 2.17 bits per heavy atom. The second-order valence-corrected chi connectivity index (χ2v) is 9.73. The number of thiophene rings is 1. The molecule has 1 saturated heterocycles. The third-order valence-electron chi connectivity index (χ3n) is 4.79. The minimum Gasteiger partial charge on any atom is -0.315 e. The SMILES string of the molecule is CC1CCc2c(sc(NC(=O)C3CCCN3S(C)(=O)=O)c2C#N)C1. The first-order valence-electron chi connectivity index (χ1n) is 8.13. The van der Waals surface area contributed by atoms with Crippen molar-refractivity contribution in [2.75, 3.05) is 18.1 Å². The van der Waals surface area contributed by atoms with Crippen molar-refractivity contribution in [1.29, 1.82) is 5.26 Å². The Hall–Kier alpha value is -1.43. The summed E-state index contributed by atoms with van der Waals surface area (Å²) in [5, 5.41) is 12.9. The van der Waals surface area contributed by atoms with E-state index in [4.69, 9.17) is 0 Å². The van der Waals surface area contributed by atoms with Gasteiger partial charge >= 0.3 is 0 Å². The molecular weight excluding hydrogens is 346 g/mol. The molecular formula is C16H21N3O3S2. The molecule has 1 aliphatic heterocycles. The number of hydrogen-bond acceptors (Lipinski definition) is 5. The Kier molecular flexibility index (Phi) is 4.69.